The topological polar surface area (TPSA) is 76.0 Å². The van der Waals surface area contributed by atoms with E-state index < -0.39 is 0 Å². The van der Waals surface area contributed by atoms with Gasteiger partial charge in [-0.25, -0.2) is 9.07 Å². The zero-order valence-corrected chi connectivity index (χ0v) is 18.9. The smallest absolute Gasteiger partial charge is 0.255 e. The number of hydrogen-bond acceptors (Lipinski definition) is 3. The molecule has 0 aliphatic carbocycles. The van der Waals surface area contributed by atoms with Gasteiger partial charge in [-0.05, 0) is 54.3 Å². The molecular formula is C25H29FN4O2. The van der Waals surface area contributed by atoms with Crippen LogP contribution in [-0.4, -0.2) is 21.6 Å². The number of nitrogens with one attached hydrogen (secondary N) is 2. The number of carbonyl (C=O) groups is 2. The molecule has 0 saturated heterocycles. The van der Waals surface area contributed by atoms with Crippen molar-refractivity contribution < 1.29 is 14.0 Å². The summed E-state index contributed by atoms with van der Waals surface area (Å²) in [7, 11) is 0. The van der Waals surface area contributed by atoms with Crippen molar-refractivity contribution in [3.63, 3.8) is 0 Å². The van der Waals surface area contributed by atoms with Crippen LogP contribution in [0.2, 0.25) is 0 Å². The van der Waals surface area contributed by atoms with E-state index in [9.17, 15) is 14.0 Å². The predicted octanol–water partition coefficient (Wildman–Crippen LogP) is 5.05. The number of nitrogens with zero attached hydrogens (tertiary/aromatic N) is 2. The van der Waals surface area contributed by atoms with Crippen LogP contribution in [0.15, 0.2) is 54.7 Å². The van der Waals surface area contributed by atoms with Gasteiger partial charge in [-0.3, -0.25) is 9.59 Å². The second-order valence-corrected chi connectivity index (χ2v) is 8.17. The number of aromatic nitrogens is 2. The summed E-state index contributed by atoms with van der Waals surface area (Å²) < 4.78 is 15.0. The molecule has 2 amide bonds. The molecule has 0 spiro atoms. The Balaban J connectivity index is 1.74. The van der Waals surface area contributed by atoms with E-state index >= 15 is 0 Å². The van der Waals surface area contributed by atoms with E-state index in [1.54, 1.807) is 16.8 Å². The normalized spacial score (nSPS) is 11.9. The molecule has 1 aromatic heterocycles. The minimum atomic E-state index is -0.326. The number of rotatable bonds is 8. The van der Waals surface area contributed by atoms with Gasteiger partial charge in [-0.1, -0.05) is 39.8 Å². The highest BCUT2D eigenvalue weighted by molar-refractivity contribution is 5.95. The monoisotopic (exact) mass is 436 g/mol. The zero-order chi connectivity index (χ0) is 23.3. The molecule has 1 unspecified atom stereocenters. The van der Waals surface area contributed by atoms with Gasteiger partial charge in [0.1, 0.15) is 5.82 Å². The Morgan fingerprint density at radius 3 is 2.47 bits per heavy atom. The first-order chi connectivity index (χ1) is 15.3. The maximum Gasteiger partial charge on any atom is 0.255 e. The largest absolute Gasteiger partial charge is 0.348 e. The summed E-state index contributed by atoms with van der Waals surface area (Å²) in [6.07, 6.45) is 2.31. The lowest BCUT2D eigenvalue weighted by Gasteiger charge is -2.14. The highest BCUT2D eigenvalue weighted by atomic mass is 19.1. The number of carbonyl (C=O) groups excluding carboxylic acids is 2. The Morgan fingerprint density at radius 1 is 1.09 bits per heavy atom. The average Bonchev–Trinajstić information content (AvgIpc) is 3.23. The molecule has 0 aliphatic heterocycles. The third-order valence-electron chi connectivity index (χ3n) is 5.38. The van der Waals surface area contributed by atoms with Gasteiger partial charge in [0.25, 0.3) is 5.91 Å². The van der Waals surface area contributed by atoms with Gasteiger partial charge in [0, 0.05) is 18.2 Å². The molecule has 1 atom stereocenters. The van der Waals surface area contributed by atoms with Crippen LogP contribution in [0, 0.1) is 11.7 Å². The summed E-state index contributed by atoms with van der Waals surface area (Å²) in [5.41, 5.74) is 3.50. The third-order valence-corrected chi connectivity index (χ3v) is 5.38. The van der Waals surface area contributed by atoms with Gasteiger partial charge in [0.05, 0.1) is 23.1 Å². The van der Waals surface area contributed by atoms with E-state index in [-0.39, 0.29) is 29.5 Å². The van der Waals surface area contributed by atoms with E-state index in [2.05, 4.69) is 15.7 Å². The Labute approximate surface area is 187 Å². The van der Waals surface area contributed by atoms with Crippen LogP contribution in [-0.2, 0) is 11.3 Å². The van der Waals surface area contributed by atoms with Crippen molar-refractivity contribution >= 4 is 17.5 Å². The first kappa shape index (κ1) is 23.2. The molecule has 0 bridgehead atoms. The van der Waals surface area contributed by atoms with E-state index in [1.165, 1.54) is 18.3 Å². The SMILES string of the molecule is CCC(C)C(=O)Nc1cccc(CNC(=O)c2cnn(-c3ccc(F)cc3)c2C(C)C)c1. The van der Waals surface area contributed by atoms with Gasteiger partial charge in [0.2, 0.25) is 5.91 Å². The lowest BCUT2D eigenvalue weighted by molar-refractivity contribution is -0.119. The van der Waals surface area contributed by atoms with E-state index in [0.29, 0.717) is 23.5 Å². The predicted molar refractivity (Wildman–Crippen MR) is 123 cm³/mol. The van der Waals surface area contributed by atoms with Gasteiger partial charge >= 0.3 is 0 Å². The van der Waals surface area contributed by atoms with Crippen molar-refractivity contribution in [2.24, 2.45) is 5.92 Å². The summed E-state index contributed by atoms with van der Waals surface area (Å²) in [6, 6.07) is 13.4. The highest BCUT2D eigenvalue weighted by Gasteiger charge is 2.21. The molecule has 1 heterocycles. The lowest BCUT2D eigenvalue weighted by atomic mass is 10.0. The third kappa shape index (κ3) is 5.41. The molecule has 0 saturated carbocycles. The average molecular weight is 437 g/mol. The molecule has 0 radical (unpaired) electrons. The molecule has 32 heavy (non-hydrogen) atoms. The van der Waals surface area contributed by atoms with E-state index in [1.807, 2.05) is 52.0 Å². The molecule has 2 aromatic carbocycles. The first-order valence-corrected chi connectivity index (χ1v) is 10.8. The maximum atomic E-state index is 13.3. The van der Waals surface area contributed by atoms with E-state index in [0.717, 1.165) is 17.7 Å². The van der Waals surface area contributed by atoms with Crippen LogP contribution in [0.25, 0.3) is 5.69 Å². The minimum absolute atomic E-state index is 0.0246. The molecule has 0 aliphatic rings. The van der Waals surface area contributed by atoms with Gasteiger partial charge in [-0.2, -0.15) is 5.10 Å². The summed E-state index contributed by atoms with van der Waals surface area (Å²) in [5.74, 6) is -0.625. The highest BCUT2D eigenvalue weighted by Crippen LogP contribution is 2.23. The summed E-state index contributed by atoms with van der Waals surface area (Å²) in [6.45, 7) is 8.14. The first-order valence-electron chi connectivity index (χ1n) is 10.8. The lowest BCUT2D eigenvalue weighted by Crippen LogP contribution is -2.24. The molecule has 2 N–H and O–H groups in total. The fourth-order valence-corrected chi connectivity index (χ4v) is 3.36. The molecule has 7 heteroatoms. The number of benzene rings is 2. The Hall–Kier alpha value is -3.48. The van der Waals surface area contributed by atoms with Crippen molar-refractivity contribution in [2.45, 2.75) is 46.6 Å². The number of anilines is 1. The van der Waals surface area contributed by atoms with E-state index in [4.69, 9.17) is 0 Å². The molecular weight excluding hydrogens is 407 g/mol. The van der Waals surface area contributed by atoms with Crippen LogP contribution < -0.4 is 10.6 Å². The molecule has 6 nitrogen and oxygen atoms in total. The van der Waals surface area contributed by atoms with Gasteiger partial charge < -0.3 is 10.6 Å². The molecule has 3 aromatic rings. The van der Waals surface area contributed by atoms with Crippen LogP contribution >= 0.6 is 0 Å². The van der Waals surface area contributed by atoms with Crippen LogP contribution in [0.4, 0.5) is 10.1 Å². The van der Waals surface area contributed by atoms with Gasteiger partial charge in [-0.15, -0.1) is 0 Å². The zero-order valence-electron chi connectivity index (χ0n) is 18.9. The second kappa shape index (κ2) is 10.2. The second-order valence-electron chi connectivity index (χ2n) is 8.17. The minimum Gasteiger partial charge on any atom is -0.348 e. The van der Waals surface area contributed by atoms with Gasteiger partial charge in [0.15, 0.2) is 0 Å². The molecule has 0 fully saturated rings. The Bertz CT molecular complexity index is 1090. The molecule has 168 valence electrons. The summed E-state index contributed by atoms with van der Waals surface area (Å²) >= 11 is 0. The Morgan fingerprint density at radius 2 is 1.81 bits per heavy atom. The summed E-state index contributed by atoms with van der Waals surface area (Å²) in [4.78, 5) is 25.1. The Kier molecular flexibility index (Phi) is 7.41. The summed E-state index contributed by atoms with van der Waals surface area (Å²) in [5, 5.41) is 10.2. The molecule has 3 rings (SSSR count). The van der Waals surface area contributed by atoms with Crippen LogP contribution in [0.5, 0.6) is 0 Å². The van der Waals surface area contributed by atoms with Crippen molar-refractivity contribution in [1.82, 2.24) is 15.1 Å². The maximum absolute atomic E-state index is 13.3. The standard InChI is InChI=1S/C25H29FN4O2/c1-5-17(4)24(31)29-20-8-6-7-18(13-20)14-27-25(32)22-15-28-30(23(22)16(2)3)21-11-9-19(26)10-12-21/h6-13,15-17H,5,14H2,1-4H3,(H,27,32)(H,29,31). The van der Waals surface area contributed by atoms with Crippen LogP contribution in [0.3, 0.4) is 0 Å². The number of halogens is 1. The van der Waals surface area contributed by atoms with Crippen molar-refractivity contribution in [1.29, 1.82) is 0 Å². The van der Waals surface area contributed by atoms with Crippen molar-refractivity contribution in [3.8, 4) is 5.69 Å². The van der Waals surface area contributed by atoms with Crippen molar-refractivity contribution in [2.75, 3.05) is 5.32 Å². The fraction of sp³-hybridized carbons (Fsp3) is 0.320. The quantitative estimate of drug-likeness (QED) is 0.519. The van der Waals surface area contributed by atoms with Crippen LogP contribution in [0.1, 0.15) is 61.6 Å². The van der Waals surface area contributed by atoms with Crippen molar-refractivity contribution in [3.05, 3.63) is 77.4 Å². The number of hydrogen-bond donors (Lipinski definition) is 2. The fourth-order valence-electron chi connectivity index (χ4n) is 3.36. The number of amides is 2.